The molecule has 1 rings (SSSR count). The van der Waals surface area contributed by atoms with E-state index in [0.717, 1.165) is 44.6 Å². The van der Waals surface area contributed by atoms with Gasteiger partial charge in [-0.05, 0) is 39.8 Å². The van der Waals surface area contributed by atoms with Crippen molar-refractivity contribution < 1.29 is 0 Å². The molecule has 2 N–H and O–H groups in total. The van der Waals surface area contributed by atoms with Crippen molar-refractivity contribution in [3.05, 3.63) is 12.7 Å². The molecule has 0 unspecified atom stereocenters. The predicted molar refractivity (Wildman–Crippen MR) is 104 cm³/mol. The molecule has 1 saturated carbocycles. The van der Waals surface area contributed by atoms with Gasteiger partial charge in [0.25, 0.3) is 0 Å². The van der Waals surface area contributed by atoms with Crippen molar-refractivity contribution >= 4 is 29.9 Å². The van der Waals surface area contributed by atoms with E-state index in [1.807, 2.05) is 6.08 Å². The summed E-state index contributed by atoms with van der Waals surface area (Å²) in [6.07, 6.45) is 9.97. The Bertz CT molecular complexity index is 288. The molecule has 0 aromatic heterocycles. The third-order valence-electron chi connectivity index (χ3n) is 3.89. The maximum Gasteiger partial charge on any atom is 0.191 e. The van der Waals surface area contributed by atoms with Gasteiger partial charge in [-0.15, -0.1) is 30.6 Å². The molecule has 0 aliphatic heterocycles. The van der Waals surface area contributed by atoms with Gasteiger partial charge in [0.05, 0.1) is 0 Å². The summed E-state index contributed by atoms with van der Waals surface area (Å²) >= 11 is 0. The topological polar surface area (TPSA) is 39.7 Å². The van der Waals surface area contributed by atoms with Crippen LogP contribution < -0.4 is 10.6 Å². The number of rotatable bonds is 8. The van der Waals surface area contributed by atoms with Gasteiger partial charge in [0.2, 0.25) is 0 Å². The van der Waals surface area contributed by atoms with Gasteiger partial charge in [-0.3, -0.25) is 4.99 Å². The van der Waals surface area contributed by atoms with Crippen LogP contribution in [-0.4, -0.2) is 50.1 Å². The maximum atomic E-state index is 4.59. The van der Waals surface area contributed by atoms with E-state index in [2.05, 4.69) is 41.1 Å². The summed E-state index contributed by atoms with van der Waals surface area (Å²) in [4.78, 5) is 7.11. The van der Waals surface area contributed by atoms with E-state index in [9.17, 15) is 0 Å². The second kappa shape index (κ2) is 13.4. The molecule has 21 heavy (non-hydrogen) atoms. The third kappa shape index (κ3) is 9.34. The lowest BCUT2D eigenvalue weighted by atomic mass is 9.94. The molecule has 0 saturated heterocycles. The van der Waals surface area contributed by atoms with Crippen molar-refractivity contribution in [1.29, 1.82) is 0 Å². The van der Waals surface area contributed by atoms with E-state index in [1.54, 1.807) is 0 Å². The number of aliphatic imine (C=N–C) groups is 1. The van der Waals surface area contributed by atoms with Crippen LogP contribution in [0.3, 0.4) is 0 Å². The molecular formula is C16H33IN4. The third-order valence-corrected chi connectivity index (χ3v) is 3.89. The minimum absolute atomic E-state index is 0. The van der Waals surface area contributed by atoms with Crippen molar-refractivity contribution in [1.82, 2.24) is 15.5 Å². The molecule has 1 aliphatic rings. The normalized spacial score (nSPS) is 16.4. The predicted octanol–water partition coefficient (Wildman–Crippen LogP) is 3.00. The summed E-state index contributed by atoms with van der Waals surface area (Å²) in [6.45, 7) is 9.48. The highest BCUT2D eigenvalue weighted by Crippen LogP contribution is 2.21. The molecule has 0 radical (unpaired) electrons. The highest BCUT2D eigenvalue weighted by atomic mass is 127. The van der Waals surface area contributed by atoms with E-state index >= 15 is 0 Å². The molecule has 0 heterocycles. The first kappa shape index (κ1) is 20.7. The number of nitrogens with zero attached hydrogens (tertiary/aromatic N) is 2. The Hall–Kier alpha value is -0.300. The molecular weight excluding hydrogens is 375 g/mol. The quantitative estimate of drug-likeness (QED) is 0.213. The molecule has 4 nitrogen and oxygen atoms in total. The molecule has 0 bridgehead atoms. The zero-order valence-electron chi connectivity index (χ0n) is 13.7. The van der Waals surface area contributed by atoms with Gasteiger partial charge in [0.15, 0.2) is 5.96 Å². The molecule has 0 aromatic rings. The van der Waals surface area contributed by atoms with Gasteiger partial charge in [0.1, 0.15) is 0 Å². The van der Waals surface area contributed by atoms with Crippen molar-refractivity contribution in [3.63, 3.8) is 0 Å². The molecule has 1 fully saturated rings. The Morgan fingerprint density at radius 1 is 1.29 bits per heavy atom. The van der Waals surface area contributed by atoms with Crippen LogP contribution in [0.4, 0.5) is 0 Å². The van der Waals surface area contributed by atoms with E-state index in [0.29, 0.717) is 0 Å². The average molecular weight is 408 g/mol. The number of hydrogen-bond donors (Lipinski definition) is 2. The van der Waals surface area contributed by atoms with Crippen molar-refractivity contribution in [2.75, 3.05) is 33.2 Å². The van der Waals surface area contributed by atoms with Crippen molar-refractivity contribution in [2.24, 2.45) is 4.99 Å². The second-order valence-corrected chi connectivity index (χ2v) is 5.56. The minimum Gasteiger partial charge on any atom is -0.357 e. The fourth-order valence-corrected chi connectivity index (χ4v) is 2.73. The zero-order chi connectivity index (χ0) is 14.6. The zero-order valence-corrected chi connectivity index (χ0v) is 16.1. The summed E-state index contributed by atoms with van der Waals surface area (Å²) < 4.78 is 0. The van der Waals surface area contributed by atoms with Crippen LogP contribution in [0.2, 0.25) is 0 Å². The molecule has 1 aliphatic carbocycles. The lowest BCUT2D eigenvalue weighted by Gasteiger charge is -2.31. The smallest absolute Gasteiger partial charge is 0.191 e. The lowest BCUT2D eigenvalue weighted by molar-refractivity contribution is 0.191. The van der Waals surface area contributed by atoms with E-state index in [-0.39, 0.29) is 24.0 Å². The fraction of sp³-hybridized carbons (Fsp3) is 0.812. The van der Waals surface area contributed by atoms with Gasteiger partial charge < -0.3 is 15.5 Å². The Kier molecular flexibility index (Phi) is 13.2. The van der Waals surface area contributed by atoms with Gasteiger partial charge in [-0.25, -0.2) is 0 Å². The molecule has 5 heteroatoms. The highest BCUT2D eigenvalue weighted by molar-refractivity contribution is 14.0. The SMILES string of the molecule is C=CCNC(=NCCCN(C)C1CCCCC1)NCC.I. The van der Waals surface area contributed by atoms with Crippen LogP contribution in [0.15, 0.2) is 17.6 Å². The number of halogens is 1. The van der Waals surface area contributed by atoms with Gasteiger partial charge >= 0.3 is 0 Å². The number of guanidine groups is 1. The molecule has 0 spiro atoms. The fourth-order valence-electron chi connectivity index (χ4n) is 2.73. The Morgan fingerprint density at radius 3 is 2.62 bits per heavy atom. The molecule has 0 amide bonds. The lowest BCUT2D eigenvalue weighted by Crippen LogP contribution is -2.37. The van der Waals surface area contributed by atoms with Gasteiger partial charge in [-0.2, -0.15) is 0 Å². The maximum absolute atomic E-state index is 4.59. The van der Waals surface area contributed by atoms with Crippen molar-refractivity contribution in [3.8, 4) is 0 Å². The van der Waals surface area contributed by atoms with Crippen LogP contribution >= 0.6 is 24.0 Å². The van der Waals surface area contributed by atoms with Crippen LogP contribution in [0.5, 0.6) is 0 Å². The summed E-state index contributed by atoms with van der Waals surface area (Å²) in [5.41, 5.74) is 0. The second-order valence-electron chi connectivity index (χ2n) is 5.56. The number of nitrogens with one attached hydrogen (secondary N) is 2. The molecule has 0 aromatic carbocycles. The van der Waals surface area contributed by atoms with Crippen molar-refractivity contribution in [2.45, 2.75) is 51.5 Å². The highest BCUT2D eigenvalue weighted by Gasteiger charge is 2.17. The molecule has 124 valence electrons. The first-order valence-corrected chi connectivity index (χ1v) is 8.11. The summed E-state index contributed by atoms with van der Waals surface area (Å²) in [5.74, 6) is 0.896. The summed E-state index contributed by atoms with van der Waals surface area (Å²) in [7, 11) is 2.26. The summed E-state index contributed by atoms with van der Waals surface area (Å²) in [5, 5.41) is 6.48. The van der Waals surface area contributed by atoms with Crippen LogP contribution in [-0.2, 0) is 0 Å². The Balaban J connectivity index is 0.00000400. The Morgan fingerprint density at radius 2 is 2.00 bits per heavy atom. The van der Waals surface area contributed by atoms with E-state index in [4.69, 9.17) is 0 Å². The van der Waals surface area contributed by atoms with Crippen LogP contribution in [0.1, 0.15) is 45.4 Å². The standard InChI is InChI=1S/C16H32N4.HI/c1-4-12-18-16(17-5-2)19-13-9-14-20(3)15-10-7-6-8-11-15;/h4,15H,1,5-14H2,2-3H3,(H2,17,18,19);1H. The first-order valence-electron chi connectivity index (χ1n) is 8.11. The minimum atomic E-state index is 0. The average Bonchev–Trinajstić information content (AvgIpc) is 2.49. The van der Waals surface area contributed by atoms with Gasteiger partial charge in [0, 0.05) is 25.7 Å². The van der Waals surface area contributed by atoms with Crippen LogP contribution in [0, 0.1) is 0 Å². The van der Waals surface area contributed by atoms with Gasteiger partial charge in [-0.1, -0.05) is 25.3 Å². The van der Waals surface area contributed by atoms with E-state index < -0.39 is 0 Å². The molecule has 0 atom stereocenters. The first-order chi connectivity index (χ1) is 9.77. The van der Waals surface area contributed by atoms with E-state index in [1.165, 1.54) is 32.1 Å². The van der Waals surface area contributed by atoms with Crippen LogP contribution in [0.25, 0.3) is 0 Å². The monoisotopic (exact) mass is 408 g/mol. The Labute approximate surface area is 147 Å². The largest absolute Gasteiger partial charge is 0.357 e. The summed E-state index contributed by atoms with van der Waals surface area (Å²) in [6, 6.07) is 0.805. The number of hydrogen-bond acceptors (Lipinski definition) is 2.